The van der Waals surface area contributed by atoms with Gasteiger partial charge in [0, 0.05) is 18.3 Å². The standard InChI is InChI=1S/C13H14FN3O/c1-3-15-13-16-9(2)8-12(17-13)18-11-6-4-10(14)5-7-11/h4-8H,3H2,1-2H3,(H,15,16,17). The van der Waals surface area contributed by atoms with Gasteiger partial charge in [0.2, 0.25) is 11.8 Å². The summed E-state index contributed by atoms with van der Waals surface area (Å²) in [6.07, 6.45) is 0. The van der Waals surface area contributed by atoms with E-state index in [1.807, 2.05) is 13.8 Å². The third kappa shape index (κ3) is 3.16. The van der Waals surface area contributed by atoms with Crippen LogP contribution in [0.15, 0.2) is 30.3 Å². The van der Waals surface area contributed by atoms with Crippen molar-refractivity contribution in [2.24, 2.45) is 0 Å². The number of aromatic nitrogens is 2. The Hall–Kier alpha value is -2.17. The van der Waals surface area contributed by atoms with Crippen LogP contribution in [0.5, 0.6) is 11.6 Å². The number of hydrogen-bond donors (Lipinski definition) is 1. The molecule has 0 aliphatic rings. The highest BCUT2D eigenvalue weighted by atomic mass is 19.1. The Bertz CT molecular complexity index is 528. The monoisotopic (exact) mass is 247 g/mol. The Morgan fingerprint density at radius 1 is 1.22 bits per heavy atom. The van der Waals surface area contributed by atoms with Crippen molar-refractivity contribution in [1.82, 2.24) is 9.97 Å². The van der Waals surface area contributed by atoms with Gasteiger partial charge in [-0.1, -0.05) is 0 Å². The molecule has 0 fully saturated rings. The Kier molecular flexibility index (Phi) is 3.72. The van der Waals surface area contributed by atoms with Gasteiger partial charge in [-0.15, -0.1) is 0 Å². The summed E-state index contributed by atoms with van der Waals surface area (Å²) in [6.45, 7) is 4.56. The second-order valence-corrected chi connectivity index (χ2v) is 3.76. The van der Waals surface area contributed by atoms with Crippen molar-refractivity contribution in [3.05, 3.63) is 41.8 Å². The molecule has 2 rings (SSSR count). The minimum atomic E-state index is -0.297. The van der Waals surface area contributed by atoms with Gasteiger partial charge in [0.25, 0.3) is 0 Å². The summed E-state index contributed by atoms with van der Waals surface area (Å²) in [4.78, 5) is 8.42. The zero-order valence-electron chi connectivity index (χ0n) is 10.3. The van der Waals surface area contributed by atoms with Crippen LogP contribution in [-0.2, 0) is 0 Å². The molecule has 0 saturated carbocycles. The summed E-state index contributed by atoms with van der Waals surface area (Å²) in [5.41, 5.74) is 0.804. The van der Waals surface area contributed by atoms with E-state index in [-0.39, 0.29) is 5.82 Å². The second kappa shape index (κ2) is 5.44. The zero-order chi connectivity index (χ0) is 13.0. The molecule has 4 nitrogen and oxygen atoms in total. The first-order valence-corrected chi connectivity index (χ1v) is 5.70. The molecule has 0 atom stereocenters. The third-order valence-corrected chi connectivity index (χ3v) is 2.20. The van der Waals surface area contributed by atoms with Crippen LogP contribution in [0.4, 0.5) is 10.3 Å². The van der Waals surface area contributed by atoms with Crippen LogP contribution in [0.2, 0.25) is 0 Å². The number of benzene rings is 1. The quantitative estimate of drug-likeness (QED) is 0.901. The van der Waals surface area contributed by atoms with Crippen molar-refractivity contribution in [3.63, 3.8) is 0 Å². The summed E-state index contributed by atoms with van der Waals surface area (Å²) in [5.74, 6) is 1.20. The summed E-state index contributed by atoms with van der Waals surface area (Å²) < 4.78 is 18.3. The molecule has 0 aliphatic heterocycles. The van der Waals surface area contributed by atoms with Gasteiger partial charge in [0.05, 0.1) is 0 Å². The van der Waals surface area contributed by atoms with E-state index in [2.05, 4.69) is 15.3 Å². The first kappa shape index (κ1) is 12.3. The van der Waals surface area contributed by atoms with Crippen LogP contribution < -0.4 is 10.1 Å². The molecule has 18 heavy (non-hydrogen) atoms. The van der Waals surface area contributed by atoms with Gasteiger partial charge in [0.1, 0.15) is 11.6 Å². The van der Waals surface area contributed by atoms with E-state index in [1.54, 1.807) is 18.2 Å². The van der Waals surface area contributed by atoms with Crippen LogP contribution in [0.25, 0.3) is 0 Å². The molecule has 1 heterocycles. The summed E-state index contributed by atoms with van der Waals surface area (Å²) in [5, 5.41) is 3.02. The topological polar surface area (TPSA) is 47.0 Å². The number of aryl methyl sites for hydroxylation is 1. The molecule has 0 amide bonds. The largest absolute Gasteiger partial charge is 0.439 e. The molecule has 0 saturated heterocycles. The highest BCUT2D eigenvalue weighted by Gasteiger charge is 2.04. The molecule has 0 bridgehead atoms. The normalized spacial score (nSPS) is 10.2. The Balaban J connectivity index is 2.20. The van der Waals surface area contributed by atoms with E-state index < -0.39 is 0 Å². The predicted molar refractivity (Wildman–Crippen MR) is 67.4 cm³/mol. The maximum Gasteiger partial charge on any atom is 0.226 e. The summed E-state index contributed by atoms with van der Waals surface area (Å²) >= 11 is 0. The molecule has 0 radical (unpaired) electrons. The van der Waals surface area contributed by atoms with E-state index in [1.165, 1.54) is 12.1 Å². The van der Waals surface area contributed by atoms with Gasteiger partial charge in [-0.25, -0.2) is 9.37 Å². The lowest BCUT2D eigenvalue weighted by atomic mass is 10.3. The first-order chi connectivity index (χ1) is 8.67. The Morgan fingerprint density at radius 2 is 1.94 bits per heavy atom. The van der Waals surface area contributed by atoms with Crippen LogP contribution in [0.3, 0.4) is 0 Å². The molecule has 1 aromatic heterocycles. The number of anilines is 1. The van der Waals surface area contributed by atoms with Gasteiger partial charge in [-0.05, 0) is 38.1 Å². The highest BCUT2D eigenvalue weighted by Crippen LogP contribution is 2.21. The summed E-state index contributed by atoms with van der Waals surface area (Å²) in [6, 6.07) is 7.52. The molecular formula is C13H14FN3O. The molecule has 0 aliphatic carbocycles. The van der Waals surface area contributed by atoms with Crippen molar-refractivity contribution >= 4 is 5.95 Å². The lowest BCUT2D eigenvalue weighted by Gasteiger charge is -2.08. The molecule has 0 spiro atoms. The minimum absolute atomic E-state index is 0.297. The van der Waals surface area contributed by atoms with Gasteiger partial charge >= 0.3 is 0 Å². The highest BCUT2D eigenvalue weighted by molar-refractivity contribution is 5.33. The minimum Gasteiger partial charge on any atom is -0.439 e. The average molecular weight is 247 g/mol. The maximum atomic E-state index is 12.8. The molecular weight excluding hydrogens is 233 g/mol. The fourth-order valence-electron chi connectivity index (χ4n) is 1.45. The molecule has 1 aromatic carbocycles. The smallest absolute Gasteiger partial charge is 0.226 e. The van der Waals surface area contributed by atoms with Crippen molar-refractivity contribution in [3.8, 4) is 11.6 Å². The fourth-order valence-corrected chi connectivity index (χ4v) is 1.45. The van der Waals surface area contributed by atoms with Crippen LogP contribution >= 0.6 is 0 Å². The zero-order valence-corrected chi connectivity index (χ0v) is 10.3. The lowest BCUT2D eigenvalue weighted by Crippen LogP contribution is -2.03. The first-order valence-electron chi connectivity index (χ1n) is 5.70. The number of hydrogen-bond acceptors (Lipinski definition) is 4. The van der Waals surface area contributed by atoms with Crippen molar-refractivity contribution in [2.45, 2.75) is 13.8 Å². The number of nitrogens with one attached hydrogen (secondary N) is 1. The van der Waals surface area contributed by atoms with Crippen molar-refractivity contribution < 1.29 is 9.13 Å². The van der Waals surface area contributed by atoms with Crippen LogP contribution in [0.1, 0.15) is 12.6 Å². The van der Waals surface area contributed by atoms with Crippen LogP contribution in [-0.4, -0.2) is 16.5 Å². The maximum absolute atomic E-state index is 12.8. The molecule has 1 N–H and O–H groups in total. The Labute approximate surface area is 105 Å². The van der Waals surface area contributed by atoms with Gasteiger partial charge in [-0.2, -0.15) is 4.98 Å². The van der Waals surface area contributed by atoms with E-state index in [0.717, 1.165) is 12.2 Å². The summed E-state index contributed by atoms with van der Waals surface area (Å²) in [7, 11) is 0. The van der Waals surface area contributed by atoms with E-state index in [0.29, 0.717) is 17.6 Å². The number of ether oxygens (including phenoxy) is 1. The molecule has 2 aromatic rings. The van der Waals surface area contributed by atoms with E-state index in [4.69, 9.17) is 4.74 Å². The van der Waals surface area contributed by atoms with Crippen LogP contribution in [0, 0.1) is 12.7 Å². The number of rotatable bonds is 4. The average Bonchev–Trinajstić information content (AvgIpc) is 2.32. The van der Waals surface area contributed by atoms with Gasteiger partial charge in [0.15, 0.2) is 0 Å². The fraction of sp³-hybridized carbons (Fsp3) is 0.231. The van der Waals surface area contributed by atoms with E-state index >= 15 is 0 Å². The predicted octanol–water partition coefficient (Wildman–Crippen LogP) is 3.15. The van der Waals surface area contributed by atoms with Crippen molar-refractivity contribution in [2.75, 3.05) is 11.9 Å². The molecule has 94 valence electrons. The van der Waals surface area contributed by atoms with Crippen molar-refractivity contribution in [1.29, 1.82) is 0 Å². The van der Waals surface area contributed by atoms with E-state index in [9.17, 15) is 4.39 Å². The van der Waals surface area contributed by atoms with Gasteiger partial charge in [-0.3, -0.25) is 0 Å². The molecule has 0 unspecified atom stereocenters. The lowest BCUT2D eigenvalue weighted by molar-refractivity contribution is 0.460. The third-order valence-electron chi connectivity index (χ3n) is 2.20. The SMILES string of the molecule is CCNc1nc(C)cc(Oc2ccc(F)cc2)n1. The second-order valence-electron chi connectivity index (χ2n) is 3.76. The Morgan fingerprint density at radius 3 is 2.61 bits per heavy atom. The molecule has 5 heteroatoms. The van der Waals surface area contributed by atoms with Gasteiger partial charge < -0.3 is 10.1 Å². The number of nitrogens with zero attached hydrogens (tertiary/aromatic N) is 2. The number of halogens is 1.